The van der Waals surface area contributed by atoms with E-state index in [9.17, 15) is 5.11 Å². The van der Waals surface area contributed by atoms with E-state index in [1.165, 1.54) is 11.8 Å². The fourth-order valence-corrected chi connectivity index (χ4v) is 2.22. The lowest BCUT2D eigenvalue weighted by Gasteiger charge is -2.25. The van der Waals surface area contributed by atoms with Crippen LogP contribution in [0.1, 0.15) is 30.5 Å². The van der Waals surface area contributed by atoms with Crippen molar-refractivity contribution in [3.8, 4) is 0 Å². The van der Waals surface area contributed by atoms with Crippen LogP contribution < -0.4 is 5.73 Å². The second-order valence-electron chi connectivity index (χ2n) is 4.71. The number of pyridine rings is 1. The van der Waals surface area contributed by atoms with Gasteiger partial charge >= 0.3 is 0 Å². The summed E-state index contributed by atoms with van der Waals surface area (Å²) in [5.74, 6) is 0.286. The van der Waals surface area contributed by atoms with Crippen LogP contribution in [0.5, 0.6) is 0 Å². The highest BCUT2D eigenvalue weighted by Gasteiger charge is 2.28. The minimum absolute atomic E-state index is 0.286. The summed E-state index contributed by atoms with van der Waals surface area (Å²) in [5.41, 5.74) is 7.13. The van der Waals surface area contributed by atoms with Gasteiger partial charge in [0, 0.05) is 11.8 Å². The Morgan fingerprint density at radius 1 is 1.32 bits per heavy atom. The zero-order valence-electron chi connectivity index (χ0n) is 11.0. The van der Waals surface area contributed by atoms with Crippen LogP contribution in [0.2, 0.25) is 5.02 Å². The first-order valence-electron chi connectivity index (χ1n) is 6.18. The molecule has 4 heteroatoms. The van der Waals surface area contributed by atoms with Gasteiger partial charge in [-0.15, -0.1) is 0 Å². The van der Waals surface area contributed by atoms with Crippen molar-refractivity contribution >= 4 is 17.4 Å². The van der Waals surface area contributed by atoms with E-state index in [4.69, 9.17) is 17.3 Å². The second-order valence-corrected chi connectivity index (χ2v) is 5.15. The summed E-state index contributed by atoms with van der Waals surface area (Å²) in [6.45, 7) is 3.78. The van der Waals surface area contributed by atoms with E-state index < -0.39 is 5.60 Å². The molecule has 2 aromatic rings. The molecule has 3 nitrogen and oxygen atoms in total. The molecule has 1 heterocycles. The highest BCUT2D eigenvalue weighted by atomic mass is 35.5. The van der Waals surface area contributed by atoms with Crippen LogP contribution in [-0.4, -0.2) is 10.1 Å². The first kappa shape index (κ1) is 13.8. The number of aliphatic hydroxyl groups is 1. The fourth-order valence-electron chi connectivity index (χ4n) is 2.06. The summed E-state index contributed by atoms with van der Waals surface area (Å²) in [6, 6.07) is 9.45. The van der Waals surface area contributed by atoms with Crippen LogP contribution in [-0.2, 0) is 12.0 Å². The van der Waals surface area contributed by atoms with Crippen LogP contribution in [0, 0.1) is 0 Å². The molecule has 0 bridgehead atoms. The third-order valence-corrected chi connectivity index (χ3v) is 3.54. The number of benzene rings is 1. The van der Waals surface area contributed by atoms with Gasteiger partial charge in [-0.1, -0.05) is 42.8 Å². The third kappa shape index (κ3) is 2.72. The van der Waals surface area contributed by atoms with Crippen molar-refractivity contribution in [2.75, 3.05) is 5.73 Å². The normalized spacial score (nSPS) is 14.1. The van der Waals surface area contributed by atoms with E-state index in [0.717, 1.165) is 12.0 Å². The highest BCUT2D eigenvalue weighted by molar-refractivity contribution is 6.30. The summed E-state index contributed by atoms with van der Waals surface area (Å²) < 4.78 is 0. The van der Waals surface area contributed by atoms with Crippen LogP contribution in [0.25, 0.3) is 0 Å². The zero-order chi connectivity index (χ0) is 14.0. The Kier molecular flexibility index (Phi) is 3.78. The van der Waals surface area contributed by atoms with E-state index in [0.29, 0.717) is 10.6 Å². The Morgan fingerprint density at radius 2 is 1.95 bits per heavy atom. The number of nitrogen functional groups attached to an aromatic ring is 1. The molecule has 0 saturated heterocycles. The van der Waals surface area contributed by atoms with Crippen molar-refractivity contribution in [1.82, 2.24) is 4.98 Å². The van der Waals surface area contributed by atoms with Crippen molar-refractivity contribution < 1.29 is 5.11 Å². The number of rotatable bonds is 3. The van der Waals surface area contributed by atoms with Crippen molar-refractivity contribution in [1.29, 1.82) is 0 Å². The van der Waals surface area contributed by atoms with Gasteiger partial charge < -0.3 is 10.8 Å². The Labute approximate surface area is 118 Å². The molecule has 1 aromatic carbocycles. The molecule has 0 radical (unpaired) electrons. The van der Waals surface area contributed by atoms with Gasteiger partial charge in [0.15, 0.2) is 0 Å². The zero-order valence-corrected chi connectivity index (χ0v) is 11.8. The maximum absolute atomic E-state index is 10.7. The molecule has 1 unspecified atom stereocenters. The molecule has 0 aliphatic rings. The number of nitrogens with two attached hydrogens (primary N) is 1. The van der Waals surface area contributed by atoms with Gasteiger partial charge in [0.05, 0.1) is 5.02 Å². The second kappa shape index (κ2) is 5.19. The number of hydrogen-bond acceptors (Lipinski definition) is 3. The monoisotopic (exact) mass is 276 g/mol. The molecule has 0 spiro atoms. The van der Waals surface area contributed by atoms with E-state index in [-0.39, 0.29) is 5.82 Å². The molecule has 100 valence electrons. The molecule has 3 N–H and O–H groups in total. The Morgan fingerprint density at radius 3 is 2.53 bits per heavy atom. The van der Waals surface area contributed by atoms with E-state index >= 15 is 0 Å². The smallest absolute Gasteiger partial charge is 0.129 e. The van der Waals surface area contributed by atoms with Crippen LogP contribution in [0.3, 0.4) is 0 Å². The largest absolute Gasteiger partial charge is 0.383 e. The molecular weight excluding hydrogens is 260 g/mol. The van der Waals surface area contributed by atoms with Gasteiger partial charge in [-0.05, 0) is 30.5 Å². The summed E-state index contributed by atoms with van der Waals surface area (Å²) in [6.07, 6.45) is 2.43. The fraction of sp³-hybridized carbons (Fsp3) is 0.267. The predicted molar refractivity (Wildman–Crippen MR) is 78.2 cm³/mol. The van der Waals surface area contributed by atoms with Crippen LogP contribution in [0.15, 0.2) is 36.5 Å². The minimum Gasteiger partial charge on any atom is -0.383 e. The number of halogens is 1. The quantitative estimate of drug-likeness (QED) is 0.905. The maximum atomic E-state index is 10.7. The van der Waals surface area contributed by atoms with Crippen LogP contribution >= 0.6 is 11.6 Å². The van der Waals surface area contributed by atoms with Crippen molar-refractivity contribution in [3.63, 3.8) is 0 Å². The molecule has 0 aliphatic carbocycles. The molecule has 1 atom stereocenters. The Bertz CT molecular complexity index is 579. The Balaban J connectivity index is 2.48. The molecule has 0 fully saturated rings. The van der Waals surface area contributed by atoms with E-state index in [1.807, 2.05) is 24.3 Å². The molecule has 0 aliphatic heterocycles. The number of anilines is 1. The van der Waals surface area contributed by atoms with Gasteiger partial charge in [-0.3, -0.25) is 0 Å². The lowest BCUT2D eigenvalue weighted by Crippen LogP contribution is -2.24. The maximum Gasteiger partial charge on any atom is 0.129 e. The first-order chi connectivity index (χ1) is 8.95. The summed E-state index contributed by atoms with van der Waals surface area (Å²) in [4.78, 5) is 3.99. The van der Waals surface area contributed by atoms with Crippen molar-refractivity contribution in [3.05, 3.63) is 58.2 Å². The number of aromatic nitrogens is 1. The average molecular weight is 277 g/mol. The molecule has 1 aromatic heterocycles. The van der Waals surface area contributed by atoms with E-state index in [2.05, 4.69) is 11.9 Å². The van der Waals surface area contributed by atoms with Gasteiger partial charge in [0.2, 0.25) is 0 Å². The number of hydrogen-bond donors (Lipinski definition) is 2. The predicted octanol–water partition coefficient (Wildman–Crippen LogP) is 3.14. The van der Waals surface area contributed by atoms with Crippen LogP contribution in [0.4, 0.5) is 5.82 Å². The lowest BCUT2D eigenvalue weighted by atomic mass is 9.88. The van der Waals surface area contributed by atoms with Gasteiger partial charge in [-0.25, -0.2) is 4.98 Å². The number of nitrogens with zero attached hydrogens (tertiary/aromatic N) is 1. The van der Waals surface area contributed by atoms with Gasteiger partial charge in [0.25, 0.3) is 0 Å². The SMILES string of the molecule is CCc1ccc(C(C)(O)c2cc(Cl)cnc2N)cc1. The van der Waals surface area contributed by atoms with Gasteiger partial charge in [0.1, 0.15) is 11.4 Å². The average Bonchev–Trinajstić information content (AvgIpc) is 2.41. The standard InChI is InChI=1S/C15H17ClN2O/c1-3-10-4-6-11(7-5-10)15(2,19)13-8-12(16)9-18-14(13)17/h4-9,19H,3H2,1-2H3,(H2,17,18). The first-order valence-corrected chi connectivity index (χ1v) is 6.56. The third-order valence-electron chi connectivity index (χ3n) is 3.33. The molecule has 2 rings (SSSR count). The summed E-state index contributed by atoms with van der Waals surface area (Å²) >= 11 is 5.93. The highest BCUT2D eigenvalue weighted by Crippen LogP contribution is 2.33. The van der Waals surface area contributed by atoms with Gasteiger partial charge in [-0.2, -0.15) is 0 Å². The van der Waals surface area contributed by atoms with Crippen molar-refractivity contribution in [2.45, 2.75) is 25.9 Å². The molecule has 19 heavy (non-hydrogen) atoms. The van der Waals surface area contributed by atoms with Crippen molar-refractivity contribution in [2.24, 2.45) is 0 Å². The topological polar surface area (TPSA) is 59.1 Å². The minimum atomic E-state index is -1.21. The lowest BCUT2D eigenvalue weighted by molar-refractivity contribution is 0.103. The number of aryl methyl sites for hydroxylation is 1. The Hall–Kier alpha value is -1.58. The summed E-state index contributed by atoms with van der Waals surface area (Å²) in [5, 5.41) is 11.2. The molecule has 0 saturated carbocycles. The summed E-state index contributed by atoms with van der Waals surface area (Å²) in [7, 11) is 0. The molecule has 0 amide bonds. The molecular formula is C15H17ClN2O. The van der Waals surface area contributed by atoms with E-state index in [1.54, 1.807) is 13.0 Å².